The molecule has 0 spiro atoms. The fraction of sp³-hybridized carbons (Fsp3) is 0.581. The predicted octanol–water partition coefficient (Wildman–Crippen LogP) is 9.19. The molecule has 1 aliphatic carbocycles. The molecule has 2 nitrogen and oxygen atoms in total. The van der Waals surface area contributed by atoms with Crippen molar-refractivity contribution in [2.75, 3.05) is 6.54 Å². The van der Waals surface area contributed by atoms with Crippen molar-refractivity contribution in [2.24, 2.45) is 5.92 Å². The van der Waals surface area contributed by atoms with Crippen LogP contribution >= 0.6 is 0 Å². The first-order valence-corrected chi connectivity index (χ1v) is 13.8. The number of rotatable bonds is 10. The van der Waals surface area contributed by atoms with E-state index in [0.717, 1.165) is 24.5 Å². The van der Waals surface area contributed by atoms with Crippen LogP contribution in [-0.2, 0) is 24.2 Å². The minimum atomic E-state index is -5.02. The Morgan fingerprint density at radius 1 is 0.846 bits per heavy atom. The van der Waals surface area contributed by atoms with Gasteiger partial charge >= 0.3 is 12.4 Å². The average Bonchev–Trinajstić information content (AvgIpc) is 2.89. The van der Waals surface area contributed by atoms with Gasteiger partial charge in [0.05, 0.1) is 22.6 Å². The summed E-state index contributed by atoms with van der Waals surface area (Å²) in [6, 6.07) is 14.2. The summed E-state index contributed by atoms with van der Waals surface area (Å²) >= 11 is 0. The zero-order chi connectivity index (χ0) is 28.8. The normalized spacial score (nSPS) is 17.7. The predicted molar refractivity (Wildman–Crippen MR) is 141 cm³/mol. The van der Waals surface area contributed by atoms with Crippen LogP contribution in [-0.4, -0.2) is 23.5 Å². The largest absolute Gasteiger partial charge is 0.416 e. The van der Waals surface area contributed by atoms with Crippen LogP contribution in [0.5, 0.6) is 0 Å². The van der Waals surface area contributed by atoms with E-state index in [2.05, 4.69) is 11.0 Å². The van der Waals surface area contributed by atoms with E-state index < -0.39 is 40.4 Å². The Morgan fingerprint density at radius 2 is 1.41 bits per heavy atom. The van der Waals surface area contributed by atoms with E-state index in [1.807, 2.05) is 51.1 Å². The molecule has 39 heavy (non-hydrogen) atoms. The molecule has 0 saturated heterocycles. The highest BCUT2D eigenvalue weighted by Crippen LogP contribution is 2.52. The smallest absolute Gasteiger partial charge is 0.298 e. The molecule has 0 N–H and O–H groups in total. The maximum absolute atomic E-state index is 14.3. The van der Waals surface area contributed by atoms with Crippen LogP contribution in [0.3, 0.4) is 0 Å². The lowest BCUT2D eigenvalue weighted by Gasteiger charge is -2.42. The van der Waals surface area contributed by atoms with E-state index in [4.69, 9.17) is 0 Å². The number of hydrogen-bond acceptors (Lipinski definition) is 2. The molecule has 214 valence electrons. The molecule has 0 bridgehead atoms. The number of halogens is 6. The number of alkyl halides is 6. The third-order valence-electron chi connectivity index (χ3n) is 8.31. The molecule has 0 heterocycles. The molecule has 0 aliphatic heterocycles. The average molecular weight is 553 g/mol. The molecule has 3 rings (SSSR count). The van der Waals surface area contributed by atoms with Crippen LogP contribution in [0.2, 0.25) is 0 Å². The van der Waals surface area contributed by atoms with Crippen LogP contribution < -0.4 is 0 Å². The molecule has 1 fully saturated rings. The number of nitrogens with zero attached hydrogens (tertiary/aromatic N) is 2. The van der Waals surface area contributed by atoms with Crippen LogP contribution in [0, 0.1) is 17.2 Å². The molecular formula is C31H38F6N2. The van der Waals surface area contributed by atoms with Crippen molar-refractivity contribution in [3.05, 3.63) is 70.8 Å². The van der Waals surface area contributed by atoms with Gasteiger partial charge < -0.3 is 0 Å². The van der Waals surface area contributed by atoms with Crippen LogP contribution in [0.1, 0.15) is 88.0 Å². The standard InChI is InChI=1S/C31H38F6N2/c1-22(2)39(20-18-24-11-6-4-7-12-24)23(3)17-19-29(21-38,25-13-8-5-9-14-25)28-26(30(32,33)34)15-10-16-27(28)31(35,36)37/h4,6-7,10-12,15-16,22-23,25H,5,8-9,13-14,17-20H2,1-3H3. The Hall–Kier alpha value is -2.53. The van der Waals surface area contributed by atoms with E-state index >= 15 is 0 Å². The summed E-state index contributed by atoms with van der Waals surface area (Å²) in [4.78, 5) is 2.22. The third-order valence-corrected chi connectivity index (χ3v) is 8.31. The summed E-state index contributed by atoms with van der Waals surface area (Å²) < 4.78 is 85.6. The van der Waals surface area contributed by atoms with E-state index in [9.17, 15) is 31.6 Å². The Bertz CT molecular complexity index is 1060. The first-order valence-electron chi connectivity index (χ1n) is 13.8. The molecule has 2 aromatic carbocycles. The van der Waals surface area contributed by atoms with Crippen molar-refractivity contribution in [2.45, 2.75) is 102 Å². The SMILES string of the molecule is CC(C)N(CCc1ccccc1)C(C)CCC(C#N)(c1c(C(F)(F)F)cccc1C(F)(F)F)C1CCCCC1. The first kappa shape index (κ1) is 31.0. The van der Waals surface area contributed by atoms with Gasteiger partial charge in [-0.25, -0.2) is 0 Å². The molecule has 2 aromatic rings. The molecule has 1 aliphatic rings. The Kier molecular flexibility index (Phi) is 10.1. The van der Waals surface area contributed by atoms with Gasteiger partial charge in [-0.15, -0.1) is 0 Å². The van der Waals surface area contributed by atoms with Crippen molar-refractivity contribution in [1.29, 1.82) is 5.26 Å². The summed E-state index contributed by atoms with van der Waals surface area (Å²) in [5.74, 6) is -0.579. The third kappa shape index (κ3) is 7.36. The van der Waals surface area contributed by atoms with Gasteiger partial charge in [-0.1, -0.05) is 55.7 Å². The van der Waals surface area contributed by atoms with Gasteiger partial charge in [-0.05, 0) is 82.1 Å². The monoisotopic (exact) mass is 552 g/mol. The highest BCUT2D eigenvalue weighted by Gasteiger charge is 2.51. The molecule has 2 atom stereocenters. The highest BCUT2D eigenvalue weighted by molar-refractivity contribution is 5.49. The van der Waals surface area contributed by atoms with Crippen molar-refractivity contribution in [1.82, 2.24) is 4.90 Å². The fourth-order valence-corrected chi connectivity index (χ4v) is 6.33. The van der Waals surface area contributed by atoms with Crippen LogP contribution in [0.15, 0.2) is 48.5 Å². The second-order valence-corrected chi connectivity index (χ2v) is 11.1. The van der Waals surface area contributed by atoms with Crippen molar-refractivity contribution < 1.29 is 26.3 Å². The fourth-order valence-electron chi connectivity index (χ4n) is 6.33. The van der Waals surface area contributed by atoms with Crippen LogP contribution in [0.25, 0.3) is 0 Å². The quantitative estimate of drug-likeness (QED) is 0.275. The highest BCUT2D eigenvalue weighted by atomic mass is 19.4. The Labute approximate surface area is 228 Å². The van der Waals surface area contributed by atoms with E-state index in [-0.39, 0.29) is 18.5 Å². The van der Waals surface area contributed by atoms with Gasteiger partial charge in [-0.2, -0.15) is 31.6 Å². The molecule has 0 amide bonds. The molecular weight excluding hydrogens is 514 g/mol. The molecule has 8 heteroatoms. The zero-order valence-electron chi connectivity index (χ0n) is 22.9. The molecule has 0 aromatic heterocycles. The van der Waals surface area contributed by atoms with Gasteiger partial charge in [-0.3, -0.25) is 4.90 Å². The molecule has 2 unspecified atom stereocenters. The Morgan fingerprint density at radius 3 is 1.90 bits per heavy atom. The summed E-state index contributed by atoms with van der Waals surface area (Å²) in [5, 5.41) is 10.6. The van der Waals surface area contributed by atoms with Gasteiger partial charge in [0.2, 0.25) is 0 Å². The maximum Gasteiger partial charge on any atom is 0.416 e. The van der Waals surface area contributed by atoms with Crippen molar-refractivity contribution >= 4 is 0 Å². The summed E-state index contributed by atoms with van der Waals surface area (Å²) in [5.41, 5.74) is -4.32. The van der Waals surface area contributed by atoms with Crippen LogP contribution in [0.4, 0.5) is 26.3 Å². The zero-order valence-corrected chi connectivity index (χ0v) is 22.9. The lowest BCUT2D eigenvalue weighted by molar-refractivity contribution is -0.145. The number of benzene rings is 2. The number of nitriles is 1. The summed E-state index contributed by atoms with van der Waals surface area (Å²) in [7, 11) is 0. The van der Waals surface area contributed by atoms with Gasteiger partial charge in [0.15, 0.2) is 0 Å². The van der Waals surface area contributed by atoms with Gasteiger partial charge in [0.1, 0.15) is 0 Å². The van der Waals surface area contributed by atoms with Gasteiger partial charge in [0, 0.05) is 18.6 Å². The maximum atomic E-state index is 14.3. The lowest BCUT2D eigenvalue weighted by atomic mass is 9.61. The Balaban J connectivity index is 2.03. The second-order valence-electron chi connectivity index (χ2n) is 11.1. The number of hydrogen-bond donors (Lipinski definition) is 0. The van der Waals surface area contributed by atoms with E-state index in [0.29, 0.717) is 50.8 Å². The van der Waals surface area contributed by atoms with E-state index in [1.54, 1.807) is 0 Å². The van der Waals surface area contributed by atoms with Crippen molar-refractivity contribution in [3.8, 4) is 6.07 Å². The summed E-state index contributed by atoms with van der Waals surface area (Å²) in [6.45, 7) is 6.70. The minimum Gasteiger partial charge on any atom is -0.298 e. The molecule has 0 radical (unpaired) electrons. The topological polar surface area (TPSA) is 27.0 Å². The first-order chi connectivity index (χ1) is 18.3. The summed E-state index contributed by atoms with van der Waals surface area (Å²) in [6.07, 6.45) is -5.91. The van der Waals surface area contributed by atoms with E-state index in [1.165, 1.54) is 0 Å². The van der Waals surface area contributed by atoms with Gasteiger partial charge in [0.25, 0.3) is 0 Å². The second kappa shape index (κ2) is 12.8. The molecule has 1 saturated carbocycles. The van der Waals surface area contributed by atoms with Crippen molar-refractivity contribution in [3.63, 3.8) is 0 Å². The lowest BCUT2D eigenvalue weighted by Crippen LogP contribution is -2.43. The minimum absolute atomic E-state index is 0.0694.